The molecule has 2 nitrogen and oxygen atoms in total. The number of rotatable bonds is 4. The topological polar surface area (TPSA) is 38.0 Å². The van der Waals surface area contributed by atoms with Crippen LogP contribution in [0.25, 0.3) is 0 Å². The standard InChI is InChI=1S/C7H16N2/c1-6(8)4-9-5-7-2-3-7/h6-7,9H,2-5,8H2,1H3. The third kappa shape index (κ3) is 3.49. The van der Waals surface area contributed by atoms with Crippen molar-refractivity contribution < 1.29 is 0 Å². The summed E-state index contributed by atoms with van der Waals surface area (Å²) in [7, 11) is 0. The van der Waals surface area contributed by atoms with E-state index in [0.717, 1.165) is 12.5 Å². The summed E-state index contributed by atoms with van der Waals surface area (Å²) in [6, 6.07) is 0.309. The van der Waals surface area contributed by atoms with E-state index in [1.165, 1.54) is 19.4 Å². The zero-order chi connectivity index (χ0) is 6.69. The molecule has 3 N–H and O–H groups in total. The molecule has 0 aliphatic heterocycles. The number of hydrogen-bond donors (Lipinski definition) is 2. The van der Waals surface area contributed by atoms with Gasteiger partial charge >= 0.3 is 0 Å². The second-order valence-electron chi connectivity index (χ2n) is 3.08. The third-order valence-corrected chi connectivity index (χ3v) is 1.60. The van der Waals surface area contributed by atoms with Gasteiger partial charge in [0.05, 0.1) is 0 Å². The smallest absolute Gasteiger partial charge is 0.0136 e. The highest BCUT2D eigenvalue weighted by Crippen LogP contribution is 2.27. The molecular formula is C7H16N2. The lowest BCUT2D eigenvalue weighted by atomic mass is 10.3. The number of hydrogen-bond acceptors (Lipinski definition) is 2. The van der Waals surface area contributed by atoms with Gasteiger partial charge in [-0.25, -0.2) is 0 Å². The molecule has 1 fully saturated rings. The molecule has 9 heavy (non-hydrogen) atoms. The molecule has 0 aromatic rings. The fourth-order valence-electron chi connectivity index (χ4n) is 0.837. The van der Waals surface area contributed by atoms with E-state index in [1.54, 1.807) is 0 Å². The third-order valence-electron chi connectivity index (χ3n) is 1.60. The van der Waals surface area contributed by atoms with Gasteiger partial charge in [0.2, 0.25) is 0 Å². The minimum Gasteiger partial charge on any atom is -0.327 e. The Kier molecular flexibility index (Phi) is 2.49. The van der Waals surface area contributed by atoms with Gasteiger partial charge in [0.15, 0.2) is 0 Å². The molecular weight excluding hydrogens is 112 g/mol. The van der Waals surface area contributed by atoms with Gasteiger partial charge in [-0.2, -0.15) is 0 Å². The first-order valence-corrected chi connectivity index (χ1v) is 3.75. The van der Waals surface area contributed by atoms with Gasteiger partial charge in [-0.1, -0.05) is 0 Å². The fourth-order valence-corrected chi connectivity index (χ4v) is 0.837. The predicted octanol–water partition coefficient (Wildman–Crippen LogP) is 0.333. The first-order chi connectivity index (χ1) is 4.29. The molecule has 0 spiro atoms. The monoisotopic (exact) mass is 128 g/mol. The molecule has 1 rings (SSSR count). The lowest BCUT2D eigenvalue weighted by molar-refractivity contribution is 0.583. The molecule has 0 heterocycles. The average molecular weight is 128 g/mol. The second-order valence-corrected chi connectivity index (χ2v) is 3.08. The van der Waals surface area contributed by atoms with E-state index in [1.807, 2.05) is 6.92 Å². The van der Waals surface area contributed by atoms with Crippen molar-refractivity contribution in [3.63, 3.8) is 0 Å². The van der Waals surface area contributed by atoms with E-state index in [-0.39, 0.29) is 0 Å². The lowest BCUT2D eigenvalue weighted by Gasteiger charge is -2.05. The number of nitrogens with two attached hydrogens (primary N) is 1. The van der Waals surface area contributed by atoms with Crippen molar-refractivity contribution in [3.8, 4) is 0 Å². The summed E-state index contributed by atoms with van der Waals surface area (Å²) in [5.41, 5.74) is 5.54. The summed E-state index contributed by atoms with van der Waals surface area (Å²) in [4.78, 5) is 0. The van der Waals surface area contributed by atoms with Gasteiger partial charge in [-0.3, -0.25) is 0 Å². The minimum atomic E-state index is 0.309. The Hall–Kier alpha value is -0.0800. The van der Waals surface area contributed by atoms with Gasteiger partial charge in [0.25, 0.3) is 0 Å². The molecule has 1 aliphatic rings. The molecule has 0 bridgehead atoms. The SMILES string of the molecule is CC(N)CNCC1CC1. The van der Waals surface area contributed by atoms with Crippen molar-refractivity contribution >= 4 is 0 Å². The maximum atomic E-state index is 5.54. The van der Waals surface area contributed by atoms with Crippen LogP contribution < -0.4 is 11.1 Å². The largest absolute Gasteiger partial charge is 0.327 e. The molecule has 0 aromatic heterocycles. The Morgan fingerprint density at radius 2 is 2.33 bits per heavy atom. The van der Waals surface area contributed by atoms with E-state index in [2.05, 4.69) is 5.32 Å². The Morgan fingerprint density at radius 3 is 2.78 bits per heavy atom. The van der Waals surface area contributed by atoms with Gasteiger partial charge < -0.3 is 11.1 Å². The van der Waals surface area contributed by atoms with Crippen molar-refractivity contribution in [2.75, 3.05) is 13.1 Å². The van der Waals surface area contributed by atoms with Crippen LogP contribution in [-0.2, 0) is 0 Å². The summed E-state index contributed by atoms with van der Waals surface area (Å²) >= 11 is 0. The molecule has 1 unspecified atom stereocenters. The van der Waals surface area contributed by atoms with Crippen molar-refractivity contribution in [2.24, 2.45) is 11.7 Å². The maximum Gasteiger partial charge on any atom is 0.0136 e. The van der Waals surface area contributed by atoms with Crippen LogP contribution in [0, 0.1) is 5.92 Å². The molecule has 1 saturated carbocycles. The van der Waals surface area contributed by atoms with Crippen LogP contribution in [-0.4, -0.2) is 19.1 Å². The van der Waals surface area contributed by atoms with Crippen LogP contribution in [0.1, 0.15) is 19.8 Å². The number of nitrogens with one attached hydrogen (secondary N) is 1. The molecule has 1 aliphatic carbocycles. The molecule has 54 valence electrons. The van der Waals surface area contributed by atoms with Crippen LogP contribution >= 0.6 is 0 Å². The van der Waals surface area contributed by atoms with Gasteiger partial charge in [-0.15, -0.1) is 0 Å². The normalized spacial score (nSPS) is 22.0. The first kappa shape index (κ1) is 7.03. The highest BCUT2D eigenvalue weighted by Gasteiger charge is 2.19. The van der Waals surface area contributed by atoms with Gasteiger partial charge in [-0.05, 0) is 32.2 Å². The summed E-state index contributed by atoms with van der Waals surface area (Å²) in [6.07, 6.45) is 2.85. The highest BCUT2D eigenvalue weighted by molar-refractivity contribution is 4.75. The van der Waals surface area contributed by atoms with Crippen molar-refractivity contribution in [1.82, 2.24) is 5.32 Å². The van der Waals surface area contributed by atoms with Crippen LogP contribution in [0.3, 0.4) is 0 Å². The van der Waals surface area contributed by atoms with E-state index >= 15 is 0 Å². The van der Waals surface area contributed by atoms with E-state index in [4.69, 9.17) is 5.73 Å². The highest BCUT2D eigenvalue weighted by atomic mass is 14.9. The summed E-state index contributed by atoms with van der Waals surface area (Å²) in [5.74, 6) is 0.976. The maximum absolute atomic E-state index is 5.54. The average Bonchev–Trinajstić information content (AvgIpc) is 2.48. The van der Waals surface area contributed by atoms with E-state index in [9.17, 15) is 0 Å². The van der Waals surface area contributed by atoms with Crippen molar-refractivity contribution in [2.45, 2.75) is 25.8 Å². The summed E-state index contributed by atoms with van der Waals surface area (Å²) in [5, 5.41) is 3.32. The second kappa shape index (κ2) is 3.18. The Bertz CT molecular complexity index is 75.0. The molecule has 0 saturated heterocycles. The van der Waals surface area contributed by atoms with Gasteiger partial charge in [0.1, 0.15) is 0 Å². The zero-order valence-electron chi connectivity index (χ0n) is 6.06. The molecule has 0 amide bonds. The lowest BCUT2D eigenvalue weighted by Crippen LogP contribution is -2.32. The summed E-state index contributed by atoms with van der Waals surface area (Å²) < 4.78 is 0. The molecule has 0 aromatic carbocycles. The minimum absolute atomic E-state index is 0.309. The van der Waals surface area contributed by atoms with E-state index < -0.39 is 0 Å². The molecule has 0 radical (unpaired) electrons. The van der Waals surface area contributed by atoms with Crippen LogP contribution in [0.4, 0.5) is 0 Å². The van der Waals surface area contributed by atoms with Crippen LogP contribution in [0.2, 0.25) is 0 Å². The Balaban J connectivity index is 1.81. The molecule has 2 heteroatoms. The van der Waals surface area contributed by atoms with Crippen molar-refractivity contribution in [1.29, 1.82) is 0 Å². The first-order valence-electron chi connectivity index (χ1n) is 3.75. The van der Waals surface area contributed by atoms with Crippen LogP contribution in [0.15, 0.2) is 0 Å². The Labute approximate surface area is 56.8 Å². The van der Waals surface area contributed by atoms with Crippen molar-refractivity contribution in [3.05, 3.63) is 0 Å². The van der Waals surface area contributed by atoms with Gasteiger partial charge in [0, 0.05) is 12.6 Å². The quantitative estimate of drug-likeness (QED) is 0.572. The predicted molar refractivity (Wildman–Crippen MR) is 39.2 cm³/mol. The Morgan fingerprint density at radius 1 is 1.67 bits per heavy atom. The summed E-state index contributed by atoms with van der Waals surface area (Å²) in [6.45, 7) is 4.18. The fraction of sp³-hybridized carbons (Fsp3) is 1.00. The zero-order valence-corrected chi connectivity index (χ0v) is 6.06. The van der Waals surface area contributed by atoms with E-state index in [0.29, 0.717) is 6.04 Å². The molecule has 1 atom stereocenters. The van der Waals surface area contributed by atoms with Crippen LogP contribution in [0.5, 0.6) is 0 Å².